The highest BCUT2D eigenvalue weighted by molar-refractivity contribution is 9.10. The molecular weight excluding hydrogens is 304 g/mol. The maximum Gasteiger partial charge on any atom is 0.0216 e. The fourth-order valence-electron chi connectivity index (χ4n) is 4.46. The molecule has 0 spiro atoms. The Labute approximate surface area is 103 Å². The second-order valence-corrected chi connectivity index (χ2v) is 8.18. The van der Waals surface area contributed by atoms with Crippen molar-refractivity contribution in [3.63, 3.8) is 0 Å². The zero-order valence-electron chi connectivity index (χ0n) is 8.84. The van der Waals surface area contributed by atoms with Gasteiger partial charge in [-0.05, 0) is 48.3 Å². The van der Waals surface area contributed by atoms with Crippen molar-refractivity contribution >= 4 is 31.9 Å². The van der Waals surface area contributed by atoms with Gasteiger partial charge in [0.25, 0.3) is 0 Å². The van der Waals surface area contributed by atoms with Gasteiger partial charge in [0.05, 0.1) is 0 Å². The molecule has 0 nitrogen and oxygen atoms in total. The summed E-state index contributed by atoms with van der Waals surface area (Å²) in [6, 6.07) is 0. The van der Waals surface area contributed by atoms with E-state index in [1.165, 1.54) is 19.3 Å². The molecule has 0 amide bonds. The van der Waals surface area contributed by atoms with Gasteiger partial charge in [0.15, 0.2) is 0 Å². The molecule has 0 heterocycles. The minimum Gasteiger partial charge on any atom is -0.0884 e. The summed E-state index contributed by atoms with van der Waals surface area (Å²) in [4.78, 5) is 1.58. The fourth-order valence-corrected chi connectivity index (χ4v) is 6.98. The average Bonchev–Trinajstić information content (AvgIpc) is 2.13. The van der Waals surface area contributed by atoms with E-state index < -0.39 is 0 Å². The third-order valence-corrected chi connectivity index (χ3v) is 8.21. The van der Waals surface area contributed by atoms with Crippen LogP contribution in [0.4, 0.5) is 0 Å². The monoisotopic (exact) mass is 320 g/mol. The number of hydrogen-bond donors (Lipinski definition) is 0. The van der Waals surface area contributed by atoms with Crippen LogP contribution in [0.15, 0.2) is 0 Å². The van der Waals surface area contributed by atoms with Crippen LogP contribution < -0.4 is 0 Å². The third kappa shape index (κ3) is 1.10. The minimum absolute atomic E-state index is 0.660. The molecule has 0 radical (unpaired) electrons. The molecule has 14 heavy (non-hydrogen) atoms. The molecule has 7 atom stereocenters. The van der Waals surface area contributed by atoms with Crippen LogP contribution in [-0.2, 0) is 0 Å². The third-order valence-electron chi connectivity index (χ3n) is 5.42. The molecule has 7 unspecified atom stereocenters. The molecule has 4 fully saturated rings. The van der Waals surface area contributed by atoms with Gasteiger partial charge >= 0.3 is 0 Å². The van der Waals surface area contributed by atoms with Crippen LogP contribution in [0.3, 0.4) is 0 Å². The molecule has 0 aliphatic heterocycles. The minimum atomic E-state index is 0.660. The largest absolute Gasteiger partial charge is 0.0884 e. The van der Waals surface area contributed by atoms with Crippen LogP contribution in [0.5, 0.6) is 0 Å². The highest BCUT2D eigenvalue weighted by atomic mass is 79.9. The summed E-state index contributed by atoms with van der Waals surface area (Å²) in [6.07, 6.45) is 4.36. The lowest BCUT2D eigenvalue weighted by atomic mass is 9.46. The molecule has 4 aliphatic carbocycles. The molecule has 2 heteroatoms. The Morgan fingerprint density at radius 3 is 2.50 bits per heavy atom. The van der Waals surface area contributed by atoms with Gasteiger partial charge in [0.1, 0.15) is 0 Å². The first-order valence-electron chi connectivity index (χ1n) is 5.81. The van der Waals surface area contributed by atoms with Gasteiger partial charge in [0, 0.05) is 9.65 Å². The van der Waals surface area contributed by atoms with Gasteiger partial charge in [-0.2, -0.15) is 0 Å². The SMILES string of the molecule is CC1C2CC3CC1(C)CC(C3Br)C2Br. The van der Waals surface area contributed by atoms with E-state index in [2.05, 4.69) is 45.7 Å². The normalized spacial score (nSPS) is 66.0. The maximum absolute atomic E-state index is 3.95. The topological polar surface area (TPSA) is 0 Å². The number of alkyl halides is 2. The van der Waals surface area contributed by atoms with E-state index in [0.29, 0.717) is 5.41 Å². The van der Waals surface area contributed by atoms with Crippen molar-refractivity contribution in [2.24, 2.45) is 29.1 Å². The van der Waals surface area contributed by atoms with Gasteiger partial charge in [-0.15, -0.1) is 0 Å². The smallest absolute Gasteiger partial charge is 0.0216 e. The Balaban J connectivity index is 2.00. The second-order valence-electron chi connectivity index (χ2n) is 6.06. The van der Waals surface area contributed by atoms with E-state index in [1.54, 1.807) is 0 Å². The van der Waals surface area contributed by atoms with Gasteiger partial charge < -0.3 is 0 Å². The molecule has 4 rings (SSSR count). The highest BCUT2D eigenvalue weighted by Crippen LogP contribution is 2.65. The van der Waals surface area contributed by atoms with Crippen molar-refractivity contribution in [3.05, 3.63) is 0 Å². The van der Waals surface area contributed by atoms with Crippen molar-refractivity contribution in [2.45, 2.75) is 42.8 Å². The van der Waals surface area contributed by atoms with E-state index in [1.807, 2.05) is 0 Å². The Bertz CT molecular complexity index is 263. The highest BCUT2D eigenvalue weighted by Gasteiger charge is 2.59. The molecule has 0 aromatic heterocycles. The molecule has 0 N–H and O–H groups in total. The van der Waals surface area contributed by atoms with E-state index in [9.17, 15) is 0 Å². The molecule has 0 aromatic rings. The van der Waals surface area contributed by atoms with E-state index >= 15 is 0 Å². The molecule has 4 bridgehead atoms. The molecule has 4 saturated carbocycles. The zero-order valence-corrected chi connectivity index (χ0v) is 12.0. The average molecular weight is 322 g/mol. The summed E-state index contributed by atoms with van der Waals surface area (Å²) < 4.78 is 0. The lowest BCUT2D eigenvalue weighted by molar-refractivity contribution is -0.0778. The molecule has 80 valence electrons. The van der Waals surface area contributed by atoms with E-state index in [-0.39, 0.29) is 0 Å². The predicted molar refractivity (Wildman–Crippen MR) is 67.0 cm³/mol. The Hall–Kier alpha value is 0.960. The first kappa shape index (κ1) is 10.1. The summed E-state index contributed by atoms with van der Waals surface area (Å²) in [7, 11) is 0. The standard InChI is InChI=1S/C12H18Br2/c1-6-8-3-7-4-12(6,2)5-9(10(7)13)11(8)14/h6-11H,3-5H2,1-2H3. The van der Waals surface area contributed by atoms with Gasteiger partial charge in [-0.3, -0.25) is 0 Å². The quantitative estimate of drug-likeness (QED) is 0.586. The summed E-state index contributed by atoms with van der Waals surface area (Å²) in [5, 5.41) is 0. The summed E-state index contributed by atoms with van der Waals surface area (Å²) in [5.41, 5.74) is 0.660. The van der Waals surface area contributed by atoms with Crippen LogP contribution in [0.2, 0.25) is 0 Å². The van der Waals surface area contributed by atoms with Crippen LogP contribution in [-0.4, -0.2) is 9.65 Å². The molecule has 0 saturated heterocycles. The zero-order chi connectivity index (χ0) is 10.1. The lowest BCUT2D eigenvalue weighted by Gasteiger charge is -2.63. The Kier molecular flexibility index (Phi) is 2.17. The summed E-state index contributed by atoms with van der Waals surface area (Å²) in [6.45, 7) is 5.02. The Morgan fingerprint density at radius 2 is 1.79 bits per heavy atom. The predicted octanol–water partition coefficient (Wildman–Crippen LogP) is 4.22. The van der Waals surface area contributed by atoms with Gasteiger partial charge in [0.2, 0.25) is 0 Å². The first-order chi connectivity index (χ1) is 6.53. The number of halogens is 2. The van der Waals surface area contributed by atoms with Gasteiger partial charge in [-0.1, -0.05) is 45.7 Å². The number of hydrogen-bond acceptors (Lipinski definition) is 0. The van der Waals surface area contributed by atoms with Crippen LogP contribution in [0.1, 0.15) is 33.1 Å². The Morgan fingerprint density at radius 1 is 1.07 bits per heavy atom. The van der Waals surface area contributed by atoms with Crippen molar-refractivity contribution in [2.75, 3.05) is 0 Å². The van der Waals surface area contributed by atoms with Gasteiger partial charge in [-0.25, -0.2) is 0 Å². The first-order valence-corrected chi connectivity index (χ1v) is 7.64. The van der Waals surface area contributed by atoms with Crippen molar-refractivity contribution in [3.8, 4) is 0 Å². The lowest BCUT2D eigenvalue weighted by Crippen LogP contribution is -2.59. The van der Waals surface area contributed by atoms with Crippen molar-refractivity contribution < 1.29 is 0 Å². The summed E-state index contributed by atoms with van der Waals surface area (Å²) in [5.74, 6) is 3.74. The maximum atomic E-state index is 3.95. The number of rotatable bonds is 0. The van der Waals surface area contributed by atoms with Crippen molar-refractivity contribution in [1.82, 2.24) is 0 Å². The summed E-state index contributed by atoms with van der Waals surface area (Å²) >= 11 is 7.89. The molecule has 0 aromatic carbocycles. The van der Waals surface area contributed by atoms with E-state index in [4.69, 9.17) is 0 Å². The molecule has 4 aliphatic rings. The van der Waals surface area contributed by atoms with Crippen LogP contribution in [0.25, 0.3) is 0 Å². The van der Waals surface area contributed by atoms with Crippen LogP contribution >= 0.6 is 31.9 Å². The second kappa shape index (κ2) is 3.00. The van der Waals surface area contributed by atoms with Crippen molar-refractivity contribution in [1.29, 1.82) is 0 Å². The molecular formula is C12H18Br2. The van der Waals surface area contributed by atoms with E-state index in [0.717, 1.165) is 33.3 Å². The van der Waals surface area contributed by atoms with Crippen LogP contribution in [0, 0.1) is 29.1 Å². The fraction of sp³-hybridized carbons (Fsp3) is 1.00.